The third-order valence-corrected chi connectivity index (χ3v) is 1.72. The lowest BCUT2D eigenvalue weighted by molar-refractivity contribution is -0.118. The van der Waals surface area contributed by atoms with Crippen molar-refractivity contribution >= 4 is 17.5 Å². The lowest BCUT2D eigenvalue weighted by Gasteiger charge is -2.12. The van der Waals surface area contributed by atoms with Crippen molar-refractivity contribution in [3.63, 3.8) is 0 Å². The highest BCUT2D eigenvalue weighted by Crippen LogP contribution is 2.09. The average Bonchev–Trinajstić information content (AvgIpc) is 2.16. The Balaban J connectivity index is 2.59. The molecule has 0 spiro atoms. The number of nitrogens with zero attached hydrogens (tertiary/aromatic N) is 2. The van der Waals surface area contributed by atoms with Crippen molar-refractivity contribution in [1.29, 1.82) is 0 Å². The van der Waals surface area contributed by atoms with Gasteiger partial charge in [0.05, 0.1) is 0 Å². The molecule has 0 radical (unpaired) electrons. The number of anilines is 2. The maximum absolute atomic E-state index is 10.6. The number of carbonyl (C=O) groups is 1. The highest BCUT2D eigenvalue weighted by molar-refractivity contribution is 5.74. The predicted molar refractivity (Wildman–Crippen MR) is 56.7 cm³/mol. The number of amides is 1. The van der Waals surface area contributed by atoms with Gasteiger partial charge >= 0.3 is 0 Å². The van der Waals surface area contributed by atoms with Crippen LogP contribution in [0.3, 0.4) is 0 Å². The molecule has 15 heavy (non-hydrogen) atoms. The van der Waals surface area contributed by atoms with Gasteiger partial charge in [-0.05, 0) is 6.92 Å². The quantitative estimate of drug-likeness (QED) is 0.382. The number of primary amides is 1. The van der Waals surface area contributed by atoms with Crippen LogP contribution >= 0.6 is 0 Å². The molecule has 1 aromatic heterocycles. The van der Waals surface area contributed by atoms with E-state index in [2.05, 4.69) is 20.7 Å². The van der Waals surface area contributed by atoms with E-state index in [1.54, 1.807) is 6.07 Å². The van der Waals surface area contributed by atoms with Gasteiger partial charge in [-0.1, -0.05) is 0 Å². The van der Waals surface area contributed by atoms with Crippen molar-refractivity contribution in [2.45, 2.75) is 19.4 Å². The number of nitrogens with one attached hydrogen (secondary N) is 2. The topological polar surface area (TPSA) is 119 Å². The second kappa shape index (κ2) is 5.11. The van der Waals surface area contributed by atoms with Gasteiger partial charge in [-0.2, -0.15) is 0 Å². The van der Waals surface area contributed by atoms with E-state index in [1.807, 2.05) is 6.92 Å². The first-order valence-electron chi connectivity index (χ1n) is 4.45. The number of aromatic nitrogens is 2. The monoisotopic (exact) mass is 210 g/mol. The average molecular weight is 210 g/mol. The Morgan fingerprint density at radius 2 is 2.20 bits per heavy atom. The molecule has 7 heteroatoms. The van der Waals surface area contributed by atoms with Gasteiger partial charge in [-0.15, -0.1) is 0 Å². The Morgan fingerprint density at radius 1 is 1.53 bits per heavy atom. The summed E-state index contributed by atoms with van der Waals surface area (Å²) in [7, 11) is 0. The van der Waals surface area contributed by atoms with Gasteiger partial charge in [0.2, 0.25) is 5.91 Å². The van der Waals surface area contributed by atoms with Gasteiger partial charge in [0, 0.05) is 18.5 Å². The minimum Gasteiger partial charge on any atom is -0.370 e. The van der Waals surface area contributed by atoms with Crippen LogP contribution in [-0.2, 0) is 4.79 Å². The zero-order valence-corrected chi connectivity index (χ0v) is 8.40. The molecule has 7 nitrogen and oxygen atoms in total. The Bertz CT molecular complexity index is 342. The zero-order valence-electron chi connectivity index (χ0n) is 8.40. The van der Waals surface area contributed by atoms with E-state index < -0.39 is 0 Å². The lowest BCUT2D eigenvalue weighted by Crippen LogP contribution is -2.24. The molecule has 6 N–H and O–H groups in total. The number of rotatable bonds is 5. The van der Waals surface area contributed by atoms with Crippen LogP contribution in [-0.4, -0.2) is 21.9 Å². The summed E-state index contributed by atoms with van der Waals surface area (Å²) < 4.78 is 0. The van der Waals surface area contributed by atoms with Gasteiger partial charge in [0.25, 0.3) is 0 Å². The first-order valence-corrected chi connectivity index (χ1v) is 4.45. The van der Waals surface area contributed by atoms with E-state index in [4.69, 9.17) is 11.6 Å². The molecule has 0 bridgehead atoms. The van der Waals surface area contributed by atoms with Gasteiger partial charge in [-0.3, -0.25) is 4.79 Å². The first kappa shape index (κ1) is 11.2. The largest absolute Gasteiger partial charge is 0.370 e. The Kier molecular flexibility index (Phi) is 3.81. The fraction of sp³-hybridized carbons (Fsp3) is 0.375. The molecule has 82 valence electrons. The van der Waals surface area contributed by atoms with Gasteiger partial charge in [-0.25, -0.2) is 15.8 Å². The molecular formula is C8H14N6O. The third kappa shape index (κ3) is 3.77. The minimum absolute atomic E-state index is 0.0805. The number of carbonyl (C=O) groups excluding carboxylic acids is 1. The molecule has 0 aliphatic carbocycles. The molecule has 1 aromatic rings. The van der Waals surface area contributed by atoms with Crippen LogP contribution in [0.4, 0.5) is 11.6 Å². The Morgan fingerprint density at radius 3 is 2.80 bits per heavy atom. The van der Waals surface area contributed by atoms with Crippen LogP contribution in [0.5, 0.6) is 0 Å². The standard InChI is InChI=1S/C8H14N6O/c1-5(2-6(9)15)13-7-3-8(14-10)12-4-11-7/h3-5H,2,10H2,1H3,(H2,9,15)(H2,11,12,13,14). The molecule has 1 atom stereocenters. The van der Waals surface area contributed by atoms with Gasteiger partial charge < -0.3 is 16.5 Å². The zero-order chi connectivity index (χ0) is 11.3. The molecule has 0 aromatic carbocycles. The second-order valence-electron chi connectivity index (χ2n) is 3.15. The van der Waals surface area contributed by atoms with E-state index in [9.17, 15) is 4.79 Å². The maximum atomic E-state index is 10.6. The summed E-state index contributed by atoms with van der Waals surface area (Å²) in [5, 5.41) is 3.00. The SMILES string of the molecule is CC(CC(N)=O)Nc1cc(NN)ncn1. The molecule has 1 heterocycles. The first-order chi connectivity index (χ1) is 7.11. The van der Waals surface area contributed by atoms with E-state index in [0.29, 0.717) is 11.6 Å². The summed E-state index contributed by atoms with van der Waals surface area (Å²) >= 11 is 0. The summed E-state index contributed by atoms with van der Waals surface area (Å²) in [6, 6.07) is 1.56. The van der Waals surface area contributed by atoms with Crippen molar-refractivity contribution in [2.24, 2.45) is 11.6 Å². The molecule has 0 aliphatic rings. The number of hydrogen-bond acceptors (Lipinski definition) is 6. The van der Waals surface area contributed by atoms with Gasteiger partial charge in [0.1, 0.15) is 18.0 Å². The highest BCUT2D eigenvalue weighted by Gasteiger charge is 2.06. The molecule has 0 saturated heterocycles. The second-order valence-corrected chi connectivity index (χ2v) is 3.15. The van der Waals surface area contributed by atoms with Crippen LogP contribution in [0, 0.1) is 0 Å². The van der Waals surface area contributed by atoms with E-state index >= 15 is 0 Å². The molecule has 0 fully saturated rings. The van der Waals surface area contributed by atoms with Crippen LogP contribution in [0.2, 0.25) is 0 Å². The van der Waals surface area contributed by atoms with Crippen molar-refractivity contribution in [1.82, 2.24) is 9.97 Å². The number of nitrogen functional groups attached to an aromatic ring is 1. The minimum atomic E-state index is -0.360. The van der Waals surface area contributed by atoms with Crippen molar-refractivity contribution in [3.05, 3.63) is 12.4 Å². The number of hydrazine groups is 1. The summed E-state index contributed by atoms with van der Waals surface area (Å²) in [4.78, 5) is 18.5. The lowest BCUT2D eigenvalue weighted by atomic mass is 10.2. The highest BCUT2D eigenvalue weighted by atomic mass is 16.1. The molecule has 1 rings (SSSR count). The number of nitrogens with two attached hydrogens (primary N) is 2. The smallest absolute Gasteiger partial charge is 0.219 e. The van der Waals surface area contributed by atoms with Crippen molar-refractivity contribution in [2.75, 3.05) is 10.7 Å². The van der Waals surface area contributed by atoms with Crippen LogP contribution < -0.4 is 22.3 Å². The fourth-order valence-corrected chi connectivity index (χ4v) is 1.12. The fourth-order valence-electron chi connectivity index (χ4n) is 1.12. The van der Waals surface area contributed by atoms with E-state index in [0.717, 1.165) is 0 Å². The van der Waals surface area contributed by atoms with E-state index in [-0.39, 0.29) is 18.4 Å². The molecule has 0 saturated carbocycles. The molecule has 1 amide bonds. The van der Waals surface area contributed by atoms with Crippen molar-refractivity contribution < 1.29 is 4.79 Å². The van der Waals surface area contributed by atoms with Crippen LogP contribution in [0.25, 0.3) is 0 Å². The molecule has 0 aliphatic heterocycles. The van der Waals surface area contributed by atoms with E-state index in [1.165, 1.54) is 6.33 Å². The van der Waals surface area contributed by atoms with Crippen LogP contribution in [0.15, 0.2) is 12.4 Å². The summed E-state index contributed by atoms with van der Waals surface area (Å²) in [5.41, 5.74) is 7.46. The summed E-state index contributed by atoms with van der Waals surface area (Å²) in [5.74, 6) is 5.92. The summed E-state index contributed by atoms with van der Waals surface area (Å²) in [6.45, 7) is 1.84. The number of hydrogen-bond donors (Lipinski definition) is 4. The summed E-state index contributed by atoms with van der Waals surface area (Å²) in [6.07, 6.45) is 1.61. The van der Waals surface area contributed by atoms with Crippen molar-refractivity contribution in [3.8, 4) is 0 Å². The van der Waals surface area contributed by atoms with Crippen LogP contribution in [0.1, 0.15) is 13.3 Å². The molecule has 1 unspecified atom stereocenters. The Hall–Kier alpha value is -1.89. The maximum Gasteiger partial charge on any atom is 0.219 e. The van der Waals surface area contributed by atoms with Gasteiger partial charge in [0.15, 0.2) is 0 Å². The molecular weight excluding hydrogens is 196 g/mol. The Labute approximate surface area is 87.2 Å². The third-order valence-electron chi connectivity index (χ3n) is 1.72. The normalized spacial score (nSPS) is 11.9. The predicted octanol–water partition coefficient (Wildman–Crippen LogP) is -0.562.